The number of pyridine rings is 2. The minimum Gasteiger partial charge on any atom is -0.355 e. The highest BCUT2D eigenvalue weighted by molar-refractivity contribution is 7.18. The monoisotopic (exact) mass is 502 g/mol. The van der Waals surface area contributed by atoms with Crippen molar-refractivity contribution in [2.75, 3.05) is 17.6 Å². The molecule has 8 nitrogen and oxygen atoms in total. The first-order chi connectivity index (χ1) is 16.7. The van der Waals surface area contributed by atoms with Crippen molar-refractivity contribution in [3.63, 3.8) is 0 Å². The molecule has 174 valence electrons. The highest BCUT2D eigenvalue weighted by Gasteiger charge is 2.31. The number of hydrogen-bond acceptors (Lipinski definition) is 6. The zero-order valence-electron chi connectivity index (χ0n) is 19.5. The van der Waals surface area contributed by atoms with Gasteiger partial charge in [-0.05, 0) is 12.8 Å². The van der Waals surface area contributed by atoms with Gasteiger partial charge in [-0.3, -0.25) is 14.4 Å². The van der Waals surface area contributed by atoms with E-state index in [1.54, 1.807) is 0 Å². The second-order valence-corrected chi connectivity index (χ2v) is 8.62. The van der Waals surface area contributed by atoms with Crippen molar-refractivity contribution in [2.24, 2.45) is 5.92 Å². The minimum atomic E-state index is -4.68. The maximum Gasteiger partial charge on any atom is 0.406 e. The lowest BCUT2D eigenvalue weighted by Gasteiger charge is -2.14. The van der Waals surface area contributed by atoms with Gasteiger partial charge in [0.1, 0.15) is 12.4 Å². The van der Waals surface area contributed by atoms with Gasteiger partial charge in [-0.2, -0.15) is 13.2 Å². The van der Waals surface area contributed by atoms with E-state index in [9.17, 15) is 27.6 Å². The molecule has 0 spiro atoms. The number of fused-ring (bicyclic) bond motifs is 1. The summed E-state index contributed by atoms with van der Waals surface area (Å²) in [5.74, 6) is -1.42. The second-order valence-electron chi connectivity index (χ2n) is 7.34. The molecule has 3 aromatic rings. The number of aromatic nitrogens is 2. The predicted octanol–water partition coefficient (Wildman–Crippen LogP) is 4.13. The van der Waals surface area contributed by atoms with Gasteiger partial charge in [0, 0.05) is 40.8 Å². The van der Waals surface area contributed by atoms with Gasteiger partial charge in [0.05, 0.1) is 32.0 Å². The predicted molar refractivity (Wildman–Crippen MR) is 119 cm³/mol. The number of alkyl halides is 3. The lowest BCUT2D eigenvalue weighted by molar-refractivity contribution is -0.141. The van der Waals surface area contributed by atoms with Crippen LogP contribution in [0.2, 0.25) is 5.02 Å². The van der Waals surface area contributed by atoms with Crippen molar-refractivity contribution >= 4 is 62.0 Å². The molecule has 2 amide bonds. The standard InChI is InChI=1S/C20H17ClF3N5O3S/c1-25-18(31)10-5-26-14(28-17(30)9-2-3-9)4-12(10)27-13-7-33-16-11(21)6-29(8-20(22,23)24)19(32)15(13)16/h4-7,9H,2-3,8H2,1H3,(H,25,31)(H2,26,27,28,30)/i1D3. The van der Waals surface area contributed by atoms with E-state index in [4.69, 9.17) is 15.7 Å². The van der Waals surface area contributed by atoms with Crippen LogP contribution in [0, 0.1) is 5.92 Å². The van der Waals surface area contributed by atoms with E-state index in [0.717, 1.165) is 36.6 Å². The Morgan fingerprint density at radius 1 is 1.36 bits per heavy atom. The van der Waals surface area contributed by atoms with Crippen LogP contribution in [-0.4, -0.2) is 34.5 Å². The van der Waals surface area contributed by atoms with Gasteiger partial charge in [-0.1, -0.05) is 11.6 Å². The Kier molecular flexibility index (Phi) is 5.09. The van der Waals surface area contributed by atoms with Gasteiger partial charge in [0.15, 0.2) is 0 Å². The third kappa shape index (κ3) is 4.96. The molecule has 1 fully saturated rings. The van der Waals surface area contributed by atoms with Crippen LogP contribution in [0.25, 0.3) is 10.1 Å². The molecule has 4 rings (SSSR count). The molecule has 3 heterocycles. The van der Waals surface area contributed by atoms with E-state index in [-0.39, 0.29) is 49.7 Å². The number of nitrogens with zero attached hydrogens (tertiary/aromatic N) is 2. The maximum absolute atomic E-state index is 13.0. The average Bonchev–Trinajstić information content (AvgIpc) is 3.50. The Morgan fingerprint density at radius 3 is 2.79 bits per heavy atom. The van der Waals surface area contributed by atoms with Gasteiger partial charge in [0.2, 0.25) is 5.91 Å². The minimum absolute atomic E-state index is 0.0343. The topological polar surface area (TPSA) is 105 Å². The number of thiophene rings is 1. The molecule has 33 heavy (non-hydrogen) atoms. The first-order valence-corrected chi connectivity index (χ1v) is 10.7. The number of rotatable bonds is 6. The SMILES string of the molecule is [2H]C([2H])([2H])NC(=O)c1cnc(NC(=O)C2CC2)cc1Nc1csc2c(Cl)cn(CC(F)(F)F)c(=O)c12. The summed E-state index contributed by atoms with van der Waals surface area (Å²) in [6.07, 6.45) is -1.29. The molecule has 0 aromatic carbocycles. The zero-order chi connectivity index (χ0) is 26.4. The summed E-state index contributed by atoms with van der Waals surface area (Å²) < 4.78 is 61.4. The van der Waals surface area contributed by atoms with Crippen LogP contribution in [0.4, 0.5) is 30.4 Å². The van der Waals surface area contributed by atoms with E-state index in [0.29, 0.717) is 4.57 Å². The summed E-state index contributed by atoms with van der Waals surface area (Å²) >= 11 is 7.11. The number of amides is 2. The third-order valence-electron chi connectivity index (χ3n) is 4.83. The highest BCUT2D eigenvalue weighted by atomic mass is 35.5. The molecule has 3 N–H and O–H groups in total. The summed E-state index contributed by atoms with van der Waals surface area (Å²) in [5.41, 5.74) is -1.22. The van der Waals surface area contributed by atoms with Crippen molar-refractivity contribution in [3.8, 4) is 0 Å². The highest BCUT2D eigenvalue weighted by Crippen LogP contribution is 2.36. The normalized spacial score (nSPS) is 15.5. The van der Waals surface area contributed by atoms with Crippen molar-refractivity contribution in [3.05, 3.63) is 44.8 Å². The lowest BCUT2D eigenvalue weighted by Crippen LogP contribution is -2.28. The van der Waals surface area contributed by atoms with Crippen LogP contribution in [0.5, 0.6) is 0 Å². The fourth-order valence-corrected chi connectivity index (χ4v) is 4.38. The van der Waals surface area contributed by atoms with E-state index < -0.39 is 31.2 Å². The van der Waals surface area contributed by atoms with Gasteiger partial charge < -0.3 is 20.5 Å². The number of hydrogen-bond donors (Lipinski definition) is 3. The molecule has 1 aliphatic rings. The van der Waals surface area contributed by atoms with Crippen molar-refractivity contribution in [1.82, 2.24) is 14.9 Å². The van der Waals surface area contributed by atoms with Crippen LogP contribution in [0.15, 0.2) is 28.6 Å². The summed E-state index contributed by atoms with van der Waals surface area (Å²) in [4.78, 5) is 41.6. The van der Waals surface area contributed by atoms with E-state index in [2.05, 4.69) is 15.6 Å². The molecule has 1 aliphatic carbocycles. The molecule has 0 bridgehead atoms. The quantitative estimate of drug-likeness (QED) is 0.470. The Bertz CT molecular complexity index is 1420. The van der Waals surface area contributed by atoms with Crippen LogP contribution in [0.3, 0.4) is 0 Å². The van der Waals surface area contributed by atoms with Crippen molar-refractivity contribution in [2.45, 2.75) is 25.6 Å². The summed E-state index contributed by atoms with van der Waals surface area (Å²) in [7, 11) is 0. The molecule has 0 aliphatic heterocycles. The molecule has 13 heteroatoms. The third-order valence-corrected chi connectivity index (χ3v) is 6.24. The van der Waals surface area contributed by atoms with Crippen molar-refractivity contribution < 1.29 is 26.9 Å². The Morgan fingerprint density at radius 2 is 2.12 bits per heavy atom. The second kappa shape index (κ2) is 8.67. The molecule has 0 saturated heterocycles. The van der Waals surface area contributed by atoms with Gasteiger partial charge in [0.25, 0.3) is 11.5 Å². The Balaban J connectivity index is 1.77. The van der Waals surface area contributed by atoms with E-state index in [1.807, 2.05) is 5.32 Å². The van der Waals surface area contributed by atoms with Gasteiger partial charge >= 0.3 is 6.18 Å². The summed E-state index contributed by atoms with van der Waals surface area (Å²) in [6, 6.07) is 1.26. The first kappa shape index (κ1) is 19.4. The molecule has 0 unspecified atom stereocenters. The van der Waals surface area contributed by atoms with Crippen LogP contribution < -0.4 is 21.5 Å². The molecular weight excluding hydrogens is 483 g/mol. The first-order valence-electron chi connectivity index (χ1n) is 11.0. The van der Waals surface area contributed by atoms with Crippen LogP contribution in [-0.2, 0) is 11.3 Å². The van der Waals surface area contributed by atoms with E-state index >= 15 is 0 Å². The summed E-state index contributed by atoms with van der Waals surface area (Å²) in [5, 5.41) is 8.39. The van der Waals surface area contributed by atoms with Gasteiger partial charge in [-0.15, -0.1) is 11.3 Å². The van der Waals surface area contributed by atoms with Crippen LogP contribution >= 0.6 is 22.9 Å². The van der Waals surface area contributed by atoms with Crippen LogP contribution in [0.1, 0.15) is 27.3 Å². The zero-order valence-corrected chi connectivity index (χ0v) is 18.1. The fraction of sp³-hybridized carbons (Fsp3) is 0.300. The maximum atomic E-state index is 13.0. The van der Waals surface area contributed by atoms with Crippen molar-refractivity contribution in [1.29, 1.82) is 0 Å². The number of carbonyl (C=O) groups excluding carboxylic acids is 2. The largest absolute Gasteiger partial charge is 0.406 e. The molecule has 1 saturated carbocycles. The molecular formula is C20H17ClF3N5O3S. The lowest BCUT2D eigenvalue weighted by atomic mass is 10.2. The number of halogens is 4. The average molecular weight is 503 g/mol. The number of nitrogens with one attached hydrogen (secondary N) is 3. The Hall–Kier alpha value is -3.12. The summed E-state index contributed by atoms with van der Waals surface area (Å²) in [6.45, 7) is -4.38. The van der Waals surface area contributed by atoms with E-state index in [1.165, 1.54) is 11.4 Å². The fourth-order valence-electron chi connectivity index (χ4n) is 3.14. The smallest absolute Gasteiger partial charge is 0.355 e. The Labute approximate surface area is 198 Å². The number of anilines is 3. The molecule has 0 atom stereocenters. The molecule has 0 radical (unpaired) electrons. The number of carbonyl (C=O) groups is 2. The van der Waals surface area contributed by atoms with Gasteiger partial charge in [-0.25, -0.2) is 4.98 Å². The molecule has 3 aromatic heterocycles.